The Labute approximate surface area is 161 Å². The normalized spacial score (nSPS) is 17.0. The maximum absolute atomic E-state index is 12.9. The summed E-state index contributed by atoms with van der Waals surface area (Å²) in [7, 11) is 1.74. The number of carbonyl (C=O) groups excluding carboxylic acids is 1. The van der Waals surface area contributed by atoms with Gasteiger partial charge in [-0.1, -0.05) is 65.7 Å². The molecule has 0 fully saturated rings. The van der Waals surface area contributed by atoms with E-state index in [1.807, 2.05) is 18.2 Å². The van der Waals surface area contributed by atoms with E-state index >= 15 is 0 Å². The van der Waals surface area contributed by atoms with Crippen molar-refractivity contribution in [1.29, 1.82) is 0 Å². The monoisotopic (exact) mass is 382 g/mol. The largest absolute Gasteiger partial charge is 0.313 e. The first-order chi connectivity index (χ1) is 12.5. The zero-order chi connectivity index (χ0) is 18.3. The minimum atomic E-state index is -0.570. The first-order valence-electron chi connectivity index (χ1n) is 8.31. The molecule has 0 spiro atoms. The molecule has 0 saturated carbocycles. The molecule has 1 atom stereocenters. The Morgan fingerprint density at radius 1 is 1.00 bits per heavy atom. The second kappa shape index (κ2) is 6.75. The average Bonchev–Trinajstić information content (AvgIpc) is 2.73. The maximum Gasteiger partial charge on any atom is 0.251 e. The second-order valence-electron chi connectivity index (χ2n) is 6.38. The number of fused-ring (bicyclic) bond motifs is 2. The number of aliphatic imine (C=N–C) groups is 1. The standard InChI is InChI=1S/C21H16Cl2N2O/c1-25-19-9-8-16(22)12-17(19)20(23)24-18(21(25)26)11-13-6-7-14-4-2-3-5-15(14)10-13/h2-10,12,18H,11H2,1H3. The van der Waals surface area contributed by atoms with Crippen LogP contribution in [0.1, 0.15) is 11.1 Å². The van der Waals surface area contributed by atoms with E-state index in [4.69, 9.17) is 23.2 Å². The third kappa shape index (κ3) is 3.09. The molecule has 1 amide bonds. The first-order valence-corrected chi connectivity index (χ1v) is 9.07. The van der Waals surface area contributed by atoms with Gasteiger partial charge in [-0.25, -0.2) is 0 Å². The Kier molecular flexibility index (Phi) is 4.43. The molecule has 3 nitrogen and oxygen atoms in total. The number of halogens is 2. The highest BCUT2D eigenvalue weighted by atomic mass is 35.5. The smallest absolute Gasteiger partial charge is 0.251 e. The van der Waals surface area contributed by atoms with Gasteiger partial charge in [0.25, 0.3) is 5.91 Å². The summed E-state index contributed by atoms with van der Waals surface area (Å²) in [5.41, 5.74) is 2.44. The molecule has 1 heterocycles. The molecule has 0 saturated heterocycles. The molecule has 130 valence electrons. The van der Waals surface area contributed by atoms with Gasteiger partial charge < -0.3 is 4.90 Å². The van der Waals surface area contributed by atoms with Crippen molar-refractivity contribution in [2.45, 2.75) is 12.5 Å². The Hall–Kier alpha value is -2.36. The van der Waals surface area contributed by atoms with E-state index in [-0.39, 0.29) is 5.91 Å². The molecular formula is C21H16Cl2N2O. The molecule has 0 aromatic heterocycles. The van der Waals surface area contributed by atoms with E-state index < -0.39 is 6.04 Å². The number of hydrogen-bond acceptors (Lipinski definition) is 2. The van der Waals surface area contributed by atoms with Gasteiger partial charge in [-0.3, -0.25) is 9.79 Å². The summed E-state index contributed by atoms with van der Waals surface area (Å²) in [5.74, 6) is -0.0858. The molecule has 0 aliphatic carbocycles. The fourth-order valence-corrected chi connectivity index (χ4v) is 3.73. The number of hydrogen-bond donors (Lipinski definition) is 0. The van der Waals surface area contributed by atoms with Crippen LogP contribution in [-0.4, -0.2) is 24.2 Å². The van der Waals surface area contributed by atoms with Crippen molar-refractivity contribution in [1.82, 2.24) is 0 Å². The fraction of sp³-hybridized carbons (Fsp3) is 0.143. The zero-order valence-corrected chi connectivity index (χ0v) is 15.6. The Morgan fingerprint density at radius 3 is 2.58 bits per heavy atom. The molecular weight excluding hydrogens is 367 g/mol. The Bertz CT molecular complexity index is 1050. The van der Waals surface area contributed by atoms with Crippen molar-refractivity contribution < 1.29 is 4.79 Å². The molecule has 0 N–H and O–H groups in total. The van der Waals surface area contributed by atoms with Crippen molar-refractivity contribution >= 4 is 50.7 Å². The summed E-state index contributed by atoms with van der Waals surface area (Å²) in [6.45, 7) is 0. The lowest BCUT2D eigenvalue weighted by Gasteiger charge is -2.20. The number of benzene rings is 3. The van der Waals surface area contributed by atoms with Gasteiger partial charge in [0.2, 0.25) is 0 Å². The summed E-state index contributed by atoms with van der Waals surface area (Å²) >= 11 is 12.5. The van der Waals surface area contributed by atoms with Crippen molar-refractivity contribution in [3.8, 4) is 0 Å². The predicted molar refractivity (Wildman–Crippen MR) is 109 cm³/mol. The molecule has 0 radical (unpaired) electrons. The van der Waals surface area contributed by atoms with E-state index in [0.29, 0.717) is 27.9 Å². The molecule has 1 aliphatic rings. The van der Waals surface area contributed by atoms with Crippen molar-refractivity contribution in [3.05, 3.63) is 76.8 Å². The van der Waals surface area contributed by atoms with Crippen molar-refractivity contribution in [3.63, 3.8) is 0 Å². The quantitative estimate of drug-likeness (QED) is 0.608. The van der Waals surface area contributed by atoms with Crippen LogP contribution in [-0.2, 0) is 11.2 Å². The number of likely N-dealkylation sites (N-methyl/N-ethyl adjacent to an activating group) is 1. The minimum absolute atomic E-state index is 0.0858. The van der Waals surface area contributed by atoms with E-state index in [9.17, 15) is 4.79 Å². The summed E-state index contributed by atoms with van der Waals surface area (Å²) in [4.78, 5) is 19.0. The van der Waals surface area contributed by atoms with Crippen LogP contribution in [0.3, 0.4) is 0 Å². The number of carbonyl (C=O) groups is 1. The van der Waals surface area contributed by atoms with Crippen LogP contribution in [0, 0.1) is 0 Å². The number of benzodiazepines with no additional fused rings is 1. The highest BCUT2D eigenvalue weighted by molar-refractivity contribution is 6.70. The summed E-state index contributed by atoms with van der Waals surface area (Å²) < 4.78 is 0. The van der Waals surface area contributed by atoms with Crippen LogP contribution in [0.25, 0.3) is 10.8 Å². The van der Waals surface area contributed by atoms with E-state index in [1.54, 1.807) is 30.1 Å². The van der Waals surface area contributed by atoms with E-state index in [0.717, 1.165) is 10.9 Å². The van der Waals surface area contributed by atoms with Crippen LogP contribution >= 0.6 is 23.2 Å². The molecule has 5 heteroatoms. The number of anilines is 1. The van der Waals surface area contributed by atoms with Crippen LogP contribution in [0.5, 0.6) is 0 Å². The zero-order valence-electron chi connectivity index (χ0n) is 14.1. The Balaban J connectivity index is 1.71. The summed E-state index contributed by atoms with van der Waals surface area (Å²) in [6.07, 6.45) is 0.492. The molecule has 26 heavy (non-hydrogen) atoms. The second-order valence-corrected chi connectivity index (χ2v) is 7.17. The van der Waals surface area contributed by atoms with E-state index in [2.05, 4.69) is 29.3 Å². The first kappa shape index (κ1) is 17.1. The number of nitrogens with zero attached hydrogens (tertiary/aromatic N) is 2. The van der Waals surface area contributed by atoms with Gasteiger partial charge in [-0.15, -0.1) is 0 Å². The van der Waals surface area contributed by atoms with Gasteiger partial charge in [0.05, 0.1) is 5.69 Å². The molecule has 0 bridgehead atoms. The third-order valence-electron chi connectivity index (χ3n) is 4.67. The third-order valence-corrected chi connectivity index (χ3v) is 5.21. The highest BCUT2D eigenvalue weighted by Gasteiger charge is 2.29. The van der Waals surface area contributed by atoms with Gasteiger partial charge in [0.15, 0.2) is 0 Å². The van der Waals surface area contributed by atoms with Crippen molar-refractivity contribution in [2.24, 2.45) is 4.99 Å². The Morgan fingerprint density at radius 2 is 1.77 bits per heavy atom. The summed E-state index contributed by atoms with van der Waals surface area (Å²) in [5, 5.41) is 3.19. The lowest BCUT2D eigenvalue weighted by molar-refractivity contribution is -0.119. The topological polar surface area (TPSA) is 32.7 Å². The molecule has 4 rings (SSSR count). The number of rotatable bonds is 2. The van der Waals surface area contributed by atoms with Gasteiger partial charge in [-0.05, 0) is 34.5 Å². The number of amides is 1. The van der Waals surface area contributed by atoms with Crippen LogP contribution < -0.4 is 4.90 Å². The van der Waals surface area contributed by atoms with Crippen molar-refractivity contribution in [2.75, 3.05) is 11.9 Å². The predicted octanol–water partition coefficient (Wildman–Crippen LogP) is 5.07. The molecule has 1 unspecified atom stereocenters. The minimum Gasteiger partial charge on any atom is -0.313 e. The SMILES string of the molecule is CN1C(=O)C(Cc2ccc3ccccc3c2)N=C(Cl)c2cc(Cl)ccc21. The lowest BCUT2D eigenvalue weighted by Crippen LogP contribution is -2.35. The maximum atomic E-state index is 12.9. The van der Waals surface area contributed by atoms with E-state index in [1.165, 1.54) is 5.39 Å². The molecule has 3 aromatic carbocycles. The van der Waals surface area contributed by atoms with Gasteiger partial charge in [-0.2, -0.15) is 0 Å². The van der Waals surface area contributed by atoms with Crippen LogP contribution in [0.15, 0.2) is 65.7 Å². The fourth-order valence-electron chi connectivity index (χ4n) is 3.29. The lowest BCUT2D eigenvalue weighted by atomic mass is 10.0. The molecule has 1 aliphatic heterocycles. The van der Waals surface area contributed by atoms with Gasteiger partial charge in [0.1, 0.15) is 11.2 Å². The van der Waals surface area contributed by atoms with Crippen LogP contribution in [0.2, 0.25) is 5.02 Å². The van der Waals surface area contributed by atoms with Crippen LogP contribution in [0.4, 0.5) is 5.69 Å². The van der Waals surface area contributed by atoms with Gasteiger partial charge >= 0.3 is 0 Å². The highest BCUT2D eigenvalue weighted by Crippen LogP contribution is 2.30. The van der Waals surface area contributed by atoms with Gasteiger partial charge in [0, 0.05) is 24.1 Å². The average molecular weight is 383 g/mol. The molecule has 3 aromatic rings. The summed E-state index contributed by atoms with van der Waals surface area (Å²) in [6, 6.07) is 19.1.